The van der Waals surface area contributed by atoms with E-state index in [0.29, 0.717) is 18.4 Å². The first-order chi connectivity index (χ1) is 15.3. The number of aliphatic carboxylic acids is 1. The molecule has 1 saturated carbocycles. The first-order valence-electron chi connectivity index (χ1n) is 11.4. The molecule has 4 N–H and O–H groups in total. The molecule has 1 aromatic rings. The standard InChI is InChI=1S/C23H29NO8/c1-24-8-7-23-11-5-6-14(31-22-18(27)16(25)17(26)19(32-22)21(28)29)20(23)30-13-4-2-3-10(15(13)23)9-12(11)24/h2-4,11-12,14,16-20,22,25-27H,5-9H2,1H3,(H,28,29)/t11-,12+,14?,16-,17-,18+,19-,20?,22+,23-/m0/s1. The second-order valence-corrected chi connectivity index (χ2v) is 9.96. The average molecular weight is 447 g/mol. The van der Waals surface area contributed by atoms with Crippen molar-refractivity contribution in [1.82, 2.24) is 4.90 Å². The maximum Gasteiger partial charge on any atom is 0.335 e. The summed E-state index contributed by atoms with van der Waals surface area (Å²) in [6.07, 6.45) is -5.21. The van der Waals surface area contributed by atoms with E-state index in [2.05, 4.69) is 18.0 Å². The van der Waals surface area contributed by atoms with E-state index in [-0.39, 0.29) is 11.5 Å². The Balaban J connectivity index is 1.34. The predicted molar refractivity (Wildman–Crippen MR) is 109 cm³/mol. The summed E-state index contributed by atoms with van der Waals surface area (Å²) < 4.78 is 18.1. The summed E-state index contributed by atoms with van der Waals surface area (Å²) in [5, 5.41) is 40.0. The van der Waals surface area contributed by atoms with Crippen LogP contribution in [0.1, 0.15) is 30.4 Å². The highest BCUT2D eigenvalue weighted by atomic mass is 16.7. The van der Waals surface area contributed by atoms with Gasteiger partial charge in [0, 0.05) is 17.0 Å². The second kappa shape index (κ2) is 7.12. The van der Waals surface area contributed by atoms with Gasteiger partial charge in [-0.1, -0.05) is 12.1 Å². The normalized spacial score (nSPS) is 46.9. The van der Waals surface area contributed by atoms with Crippen molar-refractivity contribution in [3.63, 3.8) is 0 Å². The molecule has 32 heavy (non-hydrogen) atoms. The van der Waals surface area contributed by atoms with Gasteiger partial charge >= 0.3 is 5.97 Å². The summed E-state index contributed by atoms with van der Waals surface area (Å²) in [7, 11) is 2.19. The summed E-state index contributed by atoms with van der Waals surface area (Å²) >= 11 is 0. The summed E-state index contributed by atoms with van der Waals surface area (Å²) in [4.78, 5) is 13.9. The minimum absolute atomic E-state index is 0.186. The summed E-state index contributed by atoms with van der Waals surface area (Å²) in [5.74, 6) is -0.0995. The second-order valence-electron chi connectivity index (χ2n) is 9.96. The van der Waals surface area contributed by atoms with Gasteiger partial charge in [0.1, 0.15) is 30.2 Å². The molecule has 3 fully saturated rings. The molecule has 10 atom stereocenters. The number of rotatable bonds is 3. The van der Waals surface area contributed by atoms with Crippen LogP contribution in [0.2, 0.25) is 0 Å². The van der Waals surface area contributed by atoms with Crippen molar-refractivity contribution < 1.29 is 39.4 Å². The number of carboxylic acid groups (broad SMARTS) is 1. The van der Waals surface area contributed by atoms with Crippen molar-refractivity contribution >= 4 is 5.97 Å². The zero-order valence-corrected chi connectivity index (χ0v) is 17.8. The molecule has 3 aliphatic heterocycles. The van der Waals surface area contributed by atoms with Crippen LogP contribution in [-0.2, 0) is 26.1 Å². The van der Waals surface area contributed by atoms with Gasteiger partial charge in [0.05, 0.1) is 6.10 Å². The molecule has 2 bridgehead atoms. The molecular formula is C23H29NO8. The number of ether oxygens (including phenoxy) is 3. The van der Waals surface area contributed by atoms with Crippen LogP contribution in [0.5, 0.6) is 5.75 Å². The number of hydrogen-bond acceptors (Lipinski definition) is 8. The topological polar surface area (TPSA) is 129 Å². The van der Waals surface area contributed by atoms with Crippen LogP contribution in [-0.4, -0.2) is 93.8 Å². The lowest BCUT2D eigenvalue weighted by molar-refractivity contribution is -0.315. The van der Waals surface area contributed by atoms with Gasteiger partial charge in [-0.3, -0.25) is 0 Å². The number of carbonyl (C=O) groups is 1. The van der Waals surface area contributed by atoms with Gasteiger partial charge in [0.2, 0.25) is 0 Å². The number of aliphatic hydroxyl groups is 3. The fraction of sp³-hybridized carbons (Fsp3) is 0.696. The van der Waals surface area contributed by atoms with Gasteiger partial charge < -0.3 is 39.5 Å². The van der Waals surface area contributed by atoms with Crippen LogP contribution in [0, 0.1) is 5.92 Å². The molecule has 0 aromatic heterocycles. The van der Waals surface area contributed by atoms with Gasteiger partial charge in [-0.05, 0) is 56.8 Å². The lowest BCUT2D eigenvalue weighted by atomic mass is 9.51. The van der Waals surface area contributed by atoms with Crippen LogP contribution >= 0.6 is 0 Å². The van der Waals surface area contributed by atoms with E-state index in [1.54, 1.807) is 0 Å². The van der Waals surface area contributed by atoms with Crippen LogP contribution in [0.3, 0.4) is 0 Å². The number of carboxylic acids is 1. The van der Waals surface area contributed by atoms with Crippen LogP contribution in [0.4, 0.5) is 0 Å². The van der Waals surface area contributed by atoms with Crippen molar-refractivity contribution in [3.8, 4) is 5.75 Å². The maximum absolute atomic E-state index is 11.5. The van der Waals surface area contributed by atoms with Crippen LogP contribution < -0.4 is 4.74 Å². The zero-order valence-electron chi connectivity index (χ0n) is 17.8. The Hall–Kier alpha value is -1.75. The number of aliphatic hydroxyl groups excluding tert-OH is 3. The third-order valence-electron chi connectivity index (χ3n) is 8.56. The smallest absolute Gasteiger partial charge is 0.335 e. The molecule has 174 valence electrons. The van der Waals surface area contributed by atoms with Crippen molar-refractivity contribution in [2.45, 2.75) is 80.1 Å². The molecule has 0 amide bonds. The lowest BCUT2D eigenvalue weighted by Gasteiger charge is -2.59. The maximum atomic E-state index is 11.5. The average Bonchev–Trinajstić information content (AvgIpc) is 3.11. The Bertz CT molecular complexity index is 941. The van der Waals surface area contributed by atoms with Crippen molar-refractivity contribution in [1.29, 1.82) is 0 Å². The van der Waals surface area contributed by atoms with Gasteiger partial charge in [-0.2, -0.15) is 0 Å². The fourth-order valence-electron chi connectivity index (χ4n) is 7.14. The highest BCUT2D eigenvalue weighted by molar-refractivity contribution is 5.73. The Kier molecular flexibility index (Phi) is 4.64. The number of nitrogens with zero attached hydrogens (tertiary/aromatic N) is 1. The third-order valence-corrected chi connectivity index (χ3v) is 8.56. The number of likely N-dealkylation sites (tertiary alicyclic amines) is 1. The molecule has 2 aliphatic carbocycles. The first-order valence-corrected chi connectivity index (χ1v) is 11.4. The highest BCUT2D eigenvalue weighted by Gasteiger charge is 2.65. The van der Waals surface area contributed by atoms with E-state index < -0.39 is 42.8 Å². The van der Waals surface area contributed by atoms with E-state index in [0.717, 1.165) is 31.6 Å². The van der Waals surface area contributed by atoms with Crippen LogP contribution in [0.15, 0.2) is 18.2 Å². The highest BCUT2D eigenvalue weighted by Crippen LogP contribution is 2.62. The summed E-state index contributed by atoms with van der Waals surface area (Å²) in [6, 6.07) is 6.65. The van der Waals surface area contributed by atoms with E-state index in [1.807, 2.05) is 12.1 Å². The van der Waals surface area contributed by atoms with Gasteiger partial charge in [-0.25, -0.2) is 4.79 Å². The number of hydrogen-bond donors (Lipinski definition) is 4. The largest absolute Gasteiger partial charge is 0.486 e. The SMILES string of the molecule is CN1CC[C@]23c4c5cccc4OC2C(O[C@@H]2O[C@H](C(=O)O)[C@@H](O)[C@H](O)[C@H]2O)CC[C@H]3[C@H]1C5. The zero-order chi connectivity index (χ0) is 22.4. The van der Waals surface area contributed by atoms with E-state index in [4.69, 9.17) is 14.2 Å². The van der Waals surface area contributed by atoms with Crippen LogP contribution in [0.25, 0.3) is 0 Å². The summed E-state index contributed by atoms with van der Waals surface area (Å²) in [5.41, 5.74) is 2.42. The van der Waals surface area contributed by atoms with Gasteiger partial charge in [-0.15, -0.1) is 0 Å². The Morgan fingerprint density at radius 2 is 2.00 bits per heavy atom. The van der Waals surface area contributed by atoms with E-state index in [1.165, 1.54) is 11.1 Å². The molecule has 1 aromatic carbocycles. The van der Waals surface area contributed by atoms with Gasteiger partial charge in [0.15, 0.2) is 12.4 Å². The minimum atomic E-state index is -1.74. The van der Waals surface area contributed by atoms with Gasteiger partial charge in [0.25, 0.3) is 0 Å². The Labute approximate surface area is 185 Å². The van der Waals surface area contributed by atoms with Crippen molar-refractivity contribution in [2.75, 3.05) is 13.6 Å². The molecule has 9 heteroatoms. The monoisotopic (exact) mass is 447 g/mol. The molecule has 9 nitrogen and oxygen atoms in total. The molecule has 3 heterocycles. The quantitative estimate of drug-likeness (QED) is 0.491. The Morgan fingerprint density at radius 1 is 1.19 bits per heavy atom. The third kappa shape index (κ3) is 2.63. The number of likely N-dealkylation sites (N-methyl/N-ethyl adjacent to an activating group) is 1. The van der Waals surface area contributed by atoms with Crippen molar-refractivity contribution in [3.05, 3.63) is 29.3 Å². The lowest BCUT2D eigenvalue weighted by Crippen LogP contribution is -2.67. The molecule has 0 radical (unpaired) electrons. The molecule has 6 rings (SSSR count). The van der Waals surface area contributed by atoms with E-state index in [9.17, 15) is 25.2 Å². The molecule has 2 saturated heterocycles. The van der Waals surface area contributed by atoms with Crippen molar-refractivity contribution in [2.24, 2.45) is 5.92 Å². The van der Waals surface area contributed by atoms with E-state index >= 15 is 0 Å². The molecular weight excluding hydrogens is 418 g/mol. The molecule has 1 spiro atoms. The number of piperidine rings is 1. The molecule has 2 unspecified atom stereocenters. The molecule has 5 aliphatic rings. The summed E-state index contributed by atoms with van der Waals surface area (Å²) in [6.45, 7) is 0.954. The Morgan fingerprint density at radius 3 is 2.78 bits per heavy atom. The first kappa shape index (κ1) is 20.8. The number of benzene rings is 1. The minimum Gasteiger partial charge on any atom is -0.486 e. The fourth-order valence-corrected chi connectivity index (χ4v) is 7.14. The predicted octanol–water partition coefficient (Wildman–Crippen LogP) is -0.367.